The Labute approximate surface area is 186 Å². The molecule has 0 aliphatic rings. The van der Waals surface area contributed by atoms with Gasteiger partial charge in [0.25, 0.3) is 10.0 Å². The lowest BCUT2D eigenvalue weighted by Gasteiger charge is -2.09. The van der Waals surface area contributed by atoms with E-state index in [1.54, 1.807) is 30.3 Å². The quantitative estimate of drug-likeness (QED) is 0.370. The van der Waals surface area contributed by atoms with E-state index >= 15 is 0 Å². The number of halogens is 4. The van der Waals surface area contributed by atoms with Gasteiger partial charge < -0.3 is 4.74 Å². The van der Waals surface area contributed by atoms with Crippen LogP contribution in [0.2, 0.25) is 5.02 Å². The highest BCUT2D eigenvalue weighted by molar-refractivity contribution is 7.89. The van der Waals surface area contributed by atoms with Crippen molar-refractivity contribution in [1.82, 2.24) is 9.19 Å². The Hall–Kier alpha value is -3.30. The van der Waals surface area contributed by atoms with Crippen molar-refractivity contribution >= 4 is 21.6 Å². The summed E-state index contributed by atoms with van der Waals surface area (Å²) in [6.45, 7) is -0.0685. The van der Waals surface area contributed by atoms with Crippen LogP contribution in [0.25, 0.3) is 11.3 Å². The molecule has 0 N–H and O–H groups in total. The topological polar surface area (TPSA) is 61.2 Å². The lowest BCUT2D eigenvalue weighted by atomic mass is 10.1. The third kappa shape index (κ3) is 4.35. The Bertz CT molecular complexity index is 1370. The number of hydrogen-bond acceptors (Lipinski definition) is 4. The van der Waals surface area contributed by atoms with Gasteiger partial charge in [-0.1, -0.05) is 17.7 Å². The van der Waals surface area contributed by atoms with E-state index in [4.69, 9.17) is 16.3 Å². The molecule has 1 heterocycles. The number of aromatic nitrogens is 2. The van der Waals surface area contributed by atoms with Gasteiger partial charge in [0.15, 0.2) is 0 Å². The summed E-state index contributed by atoms with van der Waals surface area (Å²) in [5.74, 6) is -2.13. The van der Waals surface area contributed by atoms with Gasteiger partial charge in [-0.05, 0) is 54.6 Å². The second-order valence-corrected chi connectivity index (χ2v) is 8.84. The molecule has 0 saturated heterocycles. The maximum atomic E-state index is 13.9. The van der Waals surface area contributed by atoms with Crippen LogP contribution in [-0.2, 0) is 16.6 Å². The second-order valence-electron chi connectivity index (χ2n) is 6.67. The van der Waals surface area contributed by atoms with Crippen LogP contribution in [0.3, 0.4) is 0 Å². The van der Waals surface area contributed by atoms with Crippen molar-refractivity contribution in [3.8, 4) is 17.0 Å². The summed E-state index contributed by atoms with van der Waals surface area (Å²) >= 11 is 5.98. The van der Waals surface area contributed by atoms with Gasteiger partial charge in [-0.25, -0.2) is 13.2 Å². The molecule has 5 nitrogen and oxygen atoms in total. The average molecular weight is 479 g/mol. The summed E-state index contributed by atoms with van der Waals surface area (Å²) in [6, 6.07) is 14.5. The molecule has 10 heteroatoms. The SMILES string of the molecule is O=S(=O)(c1ccc(F)cc1F)n1ccc(-c2ccc(OCc3c(F)cccc3Cl)cc2)n1. The minimum atomic E-state index is -4.34. The average Bonchev–Trinajstić information content (AvgIpc) is 3.25. The molecule has 0 aliphatic carbocycles. The highest BCUT2D eigenvalue weighted by Gasteiger charge is 2.23. The second kappa shape index (κ2) is 8.68. The van der Waals surface area contributed by atoms with E-state index in [1.165, 1.54) is 18.2 Å². The summed E-state index contributed by atoms with van der Waals surface area (Å²) in [4.78, 5) is -0.691. The third-order valence-corrected chi connectivity index (χ3v) is 6.52. The zero-order valence-electron chi connectivity index (χ0n) is 16.2. The van der Waals surface area contributed by atoms with Gasteiger partial charge in [-0.15, -0.1) is 0 Å². The molecule has 0 fully saturated rings. The molecule has 4 rings (SSSR count). The largest absolute Gasteiger partial charge is 0.489 e. The Balaban J connectivity index is 1.52. The maximum absolute atomic E-state index is 13.9. The van der Waals surface area contributed by atoms with Crippen molar-refractivity contribution in [2.24, 2.45) is 0 Å². The Morgan fingerprint density at radius 1 is 0.938 bits per heavy atom. The van der Waals surface area contributed by atoms with Crippen molar-refractivity contribution in [3.63, 3.8) is 0 Å². The van der Waals surface area contributed by atoms with E-state index < -0.39 is 32.4 Å². The molecule has 164 valence electrons. The molecule has 0 aliphatic heterocycles. The number of rotatable bonds is 6. The molecule has 0 bridgehead atoms. The Kier molecular flexibility index (Phi) is 5.94. The van der Waals surface area contributed by atoms with Gasteiger partial charge in [0.2, 0.25) is 0 Å². The fourth-order valence-electron chi connectivity index (χ4n) is 2.93. The van der Waals surface area contributed by atoms with Crippen LogP contribution in [0.4, 0.5) is 13.2 Å². The van der Waals surface area contributed by atoms with E-state index in [1.807, 2.05) is 0 Å². The Morgan fingerprint density at radius 2 is 1.69 bits per heavy atom. The van der Waals surface area contributed by atoms with Crippen molar-refractivity contribution in [2.45, 2.75) is 11.5 Å². The minimum Gasteiger partial charge on any atom is -0.489 e. The first-order chi connectivity index (χ1) is 15.3. The predicted octanol–water partition coefficient (Wildman–Crippen LogP) is 5.44. The van der Waals surface area contributed by atoms with Gasteiger partial charge >= 0.3 is 0 Å². The van der Waals surface area contributed by atoms with E-state index in [0.717, 1.165) is 18.3 Å². The van der Waals surface area contributed by atoms with Crippen LogP contribution < -0.4 is 4.74 Å². The molecule has 0 radical (unpaired) electrons. The molecule has 0 atom stereocenters. The van der Waals surface area contributed by atoms with Crippen molar-refractivity contribution in [3.05, 3.63) is 101 Å². The Morgan fingerprint density at radius 3 is 2.38 bits per heavy atom. The fraction of sp³-hybridized carbons (Fsp3) is 0.0455. The third-order valence-electron chi connectivity index (χ3n) is 4.58. The van der Waals surface area contributed by atoms with Gasteiger partial charge in [-0.2, -0.15) is 17.6 Å². The van der Waals surface area contributed by atoms with Crippen molar-refractivity contribution in [2.75, 3.05) is 0 Å². The fourth-order valence-corrected chi connectivity index (χ4v) is 4.31. The molecule has 0 saturated carbocycles. The molecule has 1 aromatic heterocycles. The van der Waals surface area contributed by atoms with Crippen LogP contribution >= 0.6 is 11.6 Å². The van der Waals surface area contributed by atoms with Crippen LogP contribution in [0, 0.1) is 17.5 Å². The van der Waals surface area contributed by atoms with Gasteiger partial charge in [0.1, 0.15) is 34.7 Å². The summed E-state index contributed by atoms with van der Waals surface area (Å²) in [6.07, 6.45) is 1.16. The molecule has 0 unspecified atom stereocenters. The van der Waals surface area contributed by atoms with E-state index in [-0.39, 0.29) is 17.2 Å². The van der Waals surface area contributed by atoms with Crippen LogP contribution in [-0.4, -0.2) is 17.6 Å². The minimum absolute atomic E-state index is 0.0685. The van der Waals surface area contributed by atoms with E-state index in [9.17, 15) is 21.6 Å². The number of hydrogen-bond donors (Lipinski definition) is 0. The summed E-state index contributed by atoms with van der Waals surface area (Å²) in [5.41, 5.74) is 1.10. The van der Waals surface area contributed by atoms with Gasteiger partial charge in [0.05, 0.1) is 10.7 Å². The molecule has 0 amide bonds. The summed E-state index contributed by atoms with van der Waals surface area (Å²) in [7, 11) is -4.34. The van der Waals surface area contributed by atoms with E-state index in [2.05, 4.69) is 5.10 Å². The van der Waals surface area contributed by atoms with Crippen molar-refractivity contribution < 1.29 is 26.3 Å². The molecular formula is C22H14ClF3N2O3S. The van der Waals surface area contributed by atoms with Crippen LogP contribution in [0.5, 0.6) is 5.75 Å². The van der Waals surface area contributed by atoms with Crippen LogP contribution in [0.15, 0.2) is 77.8 Å². The first-order valence-corrected chi connectivity index (χ1v) is 11.0. The molecule has 4 aromatic rings. The molecule has 3 aromatic carbocycles. The summed E-state index contributed by atoms with van der Waals surface area (Å²) in [5, 5.41) is 4.25. The number of nitrogens with zero attached hydrogens (tertiary/aromatic N) is 2. The first kappa shape index (κ1) is 21.9. The van der Waals surface area contributed by atoms with Gasteiger partial charge in [-0.3, -0.25) is 0 Å². The standard InChI is InChI=1S/C22H14ClF3N2O3S/c23-18-2-1-3-19(25)17(18)13-31-16-7-4-14(5-8-16)21-10-11-28(27-21)32(29,30)22-9-6-15(24)12-20(22)26/h1-12H,13H2. The summed E-state index contributed by atoms with van der Waals surface area (Å²) < 4.78 is 72.3. The molecule has 0 spiro atoms. The lowest BCUT2D eigenvalue weighted by Crippen LogP contribution is -2.15. The zero-order valence-corrected chi connectivity index (χ0v) is 17.7. The van der Waals surface area contributed by atoms with E-state index in [0.29, 0.717) is 27.2 Å². The normalized spacial score (nSPS) is 11.5. The number of ether oxygens (including phenoxy) is 1. The smallest absolute Gasteiger partial charge is 0.285 e. The maximum Gasteiger partial charge on any atom is 0.285 e. The first-order valence-electron chi connectivity index (χ1n) is 9.18. The van der Waals surface area contributed by atoms with Crippen molar-refractivity contribution in [1.29, 1.82) is 0 Å². The number of benzene rings is 3. The monoisotopic (exact) mass is 478 g/mol. The molecule has 32 heavy (non-hydrogen) atoms. The predicted molar refractivity (Wildman–Crippen MR) is 112 cm³/mol. The van der Waals surface area contributed by atoms with Gasteiger partial charge in [0, 0.05) is 23.4 Å². The molecular weight excluding hydrogens is 465 g/mol. The van der Waals surface area contributed by atoms with Crippen LogP contribution in [0.1, 0.15) is 5.56 Å². The lowest BCUT2D eigenvalue weighted by molar-refractivity contribution is 0.300. The highest BCUT2D eigenvalue weighted by atomic mass is 35.5. The highest BCUT2D eigenvalue weighted by Crippen LogP contribution is 2.25. The zero-order chi connectivity index (χ0) is 22.9.